The molecule has 0 aliphatic rings. The largest absolute Gasteiger partial charge is 0.390 e. The van der Waals surface area contributed by atoms with E-state index in [2.05, 4.69) is 41.5 Å². The lowest BCUT2D eigenvalue weighted by atomic mass is 9.98. The Morgan fingerprint density at radius 2 is 1.93 bits per heavy atom. The van der Waals surface area contributed by atoms with Gasteiger partial charge in [-0.1, -0.05) is 30.3 Å². The first-order valence-electron chi connectivity index (χ1n) is 9.97. The highest BCUT2D eigenvalue weighted by molar-refractivity contribution is 5.87. The SMILES string of the molecule is Cc1ccccc1-c1ccc2nc(N)c(CCC(=O)NCCC(C)(C)O)cc2c1. The van der Waals surface area contributed by atoms with Crippen molar-refractivity contribution in [1.82, 2.24) is 10.3 Å². The van der Waals surface area contributed by atoms with Crippen LogP contribution in [0.5, 0.6) is 0 Å². The molecule has 152 valence electrons. The van der Waals surface area contributed by atoms with Crippen LogP contribution in [0, 0.1) is 6.92 Å². The fourth-order valence-corrected chi connectivity index (χ4v) is 3.34. The third kappa shape index (κ3) is 5.55. The van der Waals surface area contributed by atoms with Gasteiger partial charge in [0.05, 0.1) is 11.1 Å². The van der Waals surface area contributed by atoms with Gasteiger partial charge in [0.2, 0.25) is 5.91 Å². The lowest BCUT2D eigenvalue weighted by molar-refractivity contribution is -0.121. The van der Waals surface area contributed by atoms with Gasteiger partial charge in [-0.2, -0.15) is 0 Å². The minimum atomic E-state index is -0.783. The van der Waals surface area contributed by atoms with Crippen molar-refractivity contribution in [2.24, 2.45) is 0 Å². The predicted molar refractivity (Wildman–Crippen MR) is 119 cm³/mol. The normalized spacial score (nSPS) is 11.6. The molecule has 1 aromatic heterocycles. The van der Waals surface area contributed by atoms with Crippen molar-refractivity contribution in [2.45, 2.75) is 45.6 Å². The van der Waals surface area contributed by atoms with E-state index in [1.54, 1.807) is 13.8 Å². The van der Waals surface area contributed by atoms with Crippen molar-refractivity contribution in [3.05, 3.63) is 59.7 Å². The molecule has 29 heavy (non-hydrogen) atoms. The number of nitrogens with zero attached hydrogens (tertiary/aromatic N) is 1. The summed E-state index contributed by atoms with van der Waals surface area (Å²) in [6, 6.07) is 16.5. The monoisotopic (exact) mass is 391 g/mol. The van der Waals surface area contributed by atoms with Crippen LogP contribution >= 0.6 is 0 Å². The molecular weight excluding hydrogens is 362 g/mol. The number of carbonyl (C=O) groups is 1. The fraction of sp³-hybridized carbons (Fsp3) is 0.333. The van der Waals surface area contributed by atoms with Crippen molar-refractivity contribution in [3.8, 4) is 11.1 Å². The number of pyridine rings is 1. The van der Waals surface area contributed by atoms with Crippen LogP contribution in [0.25, 0.3) is 22.0 Å². The maximum atomic E-state index is 12.1. The molecule has 0 bridgehead atoms. The molecular formula is C24H29N3O2. The van der Waals surface area contributed by atoms with Gasteiger partial charge in [-0.3, -0.25) is 4.79 Å². The topological polar surface area (TPSA) is 88.2 Å². The molecule has 1 heterocycles. The molecule has 0 atom stereocenters. The highest BCUT2D eigenvalue weighted by Gasteiger charge is 2.13. The van der Waals surface area contributed by atoms with Gasteiger partial charge in [-0.25, -0.2) is 4.98 Å². The lowest BCUT2D eigenvalue weighted by Gasteiger charge is -2.17. The summed E-state index contributed by atoms with van der Waals surface area (Å²) in [7, 11) is 0. The molecule has 4 N–H and O–H groups in total. The van der Waals surface area contributed by atoms with Gasteiger partial charge in [0.1, 0.15) is 5.82 Å². The molecule has 3 aromatic rings. The summed E-state index contributed by atoms with van der Waals surface area (Å²) >= 11 is 0. The number of amides is 1. The van der Waals surface area contributed by atoms with Gasteiger partial charge >= 0.3 is 0 Å². The number of aliphatic hydroxyl groups is 1. The molecule has 2 aromatic carbocycles. The second-order valence-corrected chi connectivity index (χ2v) is 8.17. The van der Waals surface area contributed by atoms with E-state index >= 15 is 0 Å². The fourth-order valence-electron chi connectivity index (χ4n) is 3.34. The van der Waals surface area contributed by atoms with Crippen LogP contribution in [0.15, 0.2) is 48.5 Å². The van der Waals surface area contributed by atoms with Crippen LogP contribution in [0.1, 0.15) is 37.8 Å². The highest BCUT2D eigenvalue weighted by Crippen LogP contribution is 2.28. The van der Waals surface area contributed by atoms with Gasteiger partial charge in [0.25, 0.3) is 0 Å². The van der Waals surface area contributed by atoms with Crippen molar-refractivity contribution in [2.75, 3.05) is 12.3 Å². The Bertz CT molecular complexity index is 1020. The summed E-state index contributed by atoms with van der Waals surface area (Å²) in [6.45, 7) is 6.01. The van der Waals surface area contributed by atoms with Gasteiger partial charge in [0, 0.05) is 18.4 Å². The summed E-state index contributed by atoms with van der Waals surface area (Å²) < 4.78 is 0. The minimum Gasteiger partial charge on any atom is -0.390 e. The molecule has 0 aliphatic carbocycles. The van der Waals surface area contributed by atoms with Crippen molar-refractivity contribution in [3.63, 3.8) is 0 Å². The number of fused-ring (bicyclic) bond motifs is 1. The zero-order chi connectivity index (χ0) is 21.0. The van der Waals surface area contributed by atoms with Gasteiger partial charge in [0.15, 0.2) is 0 Å². The molecule has 3 rings (SSSR count). The molecule has 0 saturated heterocycles. The van der Waals surface area contributed by atoms with Crippen LogP contribution in [0.4, 0.5) is 5.82 Å². The maximum Gasteiger partial charge on any atom is 0.220 e. The molecule has 5 nitrogen and oxygen atoms in total. The number of nitrogen functional groups attached to an aromatic ring is 1. The summed E-state index contributed by atoms with van der Waals surface area (Å²) in [6.07, 6.45) is 1.37. The zero-order valence-corrected chi connectivity index (χ0v) is 17.3. The number of benzene rings is 2. The molecule has 0 fully saturated rings. The Morgan fingerprint density at radius 1 is 1.17 bits per heavy atom. The first-order chi connectivity index (χ1) is 13.7. The smallest absolute Gasteiger partial charge is 0.220 e. The van der Waals surface area contributed by atoms with E-state index in [-0.39, 0.29) is 5.91 Å². The van der Waals surface area contributed by atoms with E-state index in [1.165, 1.54) is 11.1 Å². The van der Waals surface area contributed by atoms with Gasteiger partial charge < -0.3 is 16.2 Å². The van der Waals surface area contributed by atoms with Crippen LogP contribution in [-0.4, -0.2) is 28.1 Å². The second-order valence-electron chi connectivity index (χ2n) is 8.17. The van der Waals surface area contributed by atoms with E-state index < -0.39 is 5.60 Å². The highest BCUT2D eigenvalue weighted by atomic mass is 16.3. The number of hydrogen-bond acceptors (Lipinski definition) is 4. The molecule has 0 spiro atoms. The van der Waals surface area contributed by atoms with E-state index in [9.17, 15) is 9.90 Å². The van der Waals surface area contributed by atoms with Crippen molar-refractivity contribution in [1.29, 1.82) is 0 Å². The number of carbonyl (C=O) groups excluding carboxylic acids is 1. The standard InChI is InChI=1S/C24H29N3O2/c1-16-6-4-5-7-20(16)17-8-10-21-19(14-17)15-18(23(25)27-21)9-11-22(28)26-13-12-24(2,3)29/h4-8,10,14-15,29H,9,11-13H2,1-3H3,(H2,25,27)(H,26,28). The summed E-state index contributed by atoms with van der Waals surface area (Å²) in [5.41, 5.74) is 10.6. The molecule has 0 radical (unpaired) electrons. The zero-order valence-electron chi connectivity index (χ0n) is 17.3. The summed E-state index contributed by atoms with van der Waals surface area (Å²) in [5.74, 6) is 0.410. The average molecular weight is 392 g/mol. The molecule has 1 amide bonds. The number of hydrogen-bond donors (Lipinski definition) is 3. The summed E-state index contributed by atoms with van der Waals surface area (Å²) in [5, 5.41) is 13.6. The molecule has 0 saturated carbocycles. The van der Waals surface area contributed by atoms with Crippen LogP contribution in [-0.2, 0) is 11.2 Å². The van der Waals surface area contributed by atoms with E-state index in [0.29, 0.717) is 31.6 Å². The summed E-state index contributed by atoms with van der Waals surface area (Å²) in [4.78, 5) is 16.6. The van der Waals surface area contributed by atoms with Crippen molar-refractivity contribution >= 4 is 22.6 Å². The number of anilines is 1. The van der Waals surface area contributed by atoms with Crippen LogP contribution in [0.2, 0.25) is 0 Å². The van der Waals surface area contributed by atoms with Crippen LogP contribution < -0.4 is 11.1 Å². The number of aryl methyl sites for hydroxylation is 2. The van der Waals surface area contributed by atoms with E-state index in [0.717, 1.165) is 22.0 Å². The minimum absolute atomic E-state index is 0.0533. The molecule has 0 unspecified atom stereocenters. The van der Waals surface area contributed by atoms with E-state index in [4.69, 9.17) is 5.73 Å². The number of rotatable bonds is 7. The number of nitrogens with one attached hydrogen (secondary N) is 1. The number of aromatic nitrogens is 1. The Balaban J connectivity index is 1.74. The Morgan fingerprint density at radius 3 is 2.66 bits per heavy atom. The van der Waals surface area contributed by atoms with Gasteiger partial charge in [-0.15, -0.1) is 0 Å². The van der Waals surface area contributed by atoms with Gasteiger partial charge in [-0.05, 0) is 74.1 Å². The Kier molecular flexibility index (Phi) is 6.18. The average Bonchev–Trinajstić information content (AvgIpc) is 2.65. The first-order valence-corrected chi connectivity index (χ1v) is 9.97. The molecule has 0 aliphatic heterocycles. The predicted octanol–water partition coefficient (Wildman–Crippen LogP) is 4.00. The van der Waals surface area contributed by atoms with Crippen LogP contribution in [0.3, 0.4) is 0 Å². The second kappa shape index (κ2) is 8.62. The Hall–Kier alpha value is -2.92. The molecule has 5 heteroatoms. The van der Waals surface area contributed by atoms with Crippen molar-refractivity contribution < 1.29 is 9.90 Å². The maximum absolute atomic E-state index is 12.1. The van der Waals surface area contributed by atoms with E-state index in [1.807, 2.05) is 24.3 Å². The quantitative estimate of drug-likeness (QED) is 0.568. The third-order valence-electron chi connectivity index (χ3n) is 5.06. The Labute approximate surface area is 172 Å². The lowest BCUT2D eigenvalue weighted by Crippen LogP contribution is -2.30. The first kappa shape index (κ1) is 20.8. The third-order valence-corrected chi connectivity index (χ3v) is 5.06. The number of nitrogens with two attached hydrogens (primary N) is 1.